The highest BCUT2D eigenvalue weighted by atomic mass is 16.3. The Morgan fingerprint density at radius 2 is 2.00 bits per heavy atom. The first-order valence-corrected chi connectivity index (χ1v) is 4.05. The molecule has 0 aromatic rings. The average molecular weight is 145 g/mol. The van der Waals surface area contributed by atoms with E-state index in [2.05, 4.69) is 26.1 Å². The highest BCUT2D eigenvalue weighted by molar-refractivity contribution is 4.63. The van der Waals surface area contributed by atoms with E-state index < -0.39 is 0 Å². The van der Waals surface area contributed by atoms with Gasteiger partial charge in [0.25, 0.3) is 0 Å². The fraction of sp³-hybridized carbons (Fsp3) is 1.00. The molecule has 0 amide bonds. The molecule has 0 saturated carbocycles. The molecule has 1 unspecified atom stereocenters. The molecule has 0 spiro atoms. The molecule has 0 saturated heterocycles. The van der Waals surface area contributed by atoms with E-state index in [1.807, 2.05) is 0 Å². The Morgan fingerprint density at radius 1 is 1.40 bits per heavy atom. The molecule has 0 aromatic heterocycles. The predicted molar refractivity (Wildman–Crippen MR) is 43.8 cm³/mol. The lowest BCUT2D eigenvalue weighted by Gasteiger charge is -2.16. The van der Waals surface area contributed by atoms with E-state index in [-0.39, 0.29) is 6.73 Å². The second-order valence-electron chi connectivity index (χ2n) is 3.10. The maximum Gasteiger partial charge on any atom is 0.0933 e. The van der Waals surface area contributed by atoms with Gasteiger partial charge in [0.15, 0.2) is 0 Å². The summed E-state index contributed by atoms with van der Waals surface area (Å²) in [4.78, 5) is 0. The number of rotatable bonds is 5. The number of aliphatic hydroxyl groups is 1. The molecule has 0 radical (unpaired) electrons. The van der Waals surface area contributed by atoms with Gasteiger partial charge in [-0.3, -0.25) is 5.32 Å². The summed E-state index contributed by atoms with van der Waals surface area (Å²) < 4.78 is 0. The van der Waals surface area contributed by atoms with Crippen LogP contribution in [0.1, 0.15) is 33.6 Å². The van der Waals surface area contributed by atoms with E-state index in [0.29, 0.717) is 12.0 Å². The lowest BCUT2D eigenvalue weighted by molar-refractivity contribution is 0.228. The molecule has 0 aromatic carbocycles. The highest BCUT2D eigenvalue weighted by Crippen LogP contribution is 2.06. The molecule has 10 heavy (non-hydrogen) atoms. The number of hydrogen-bond donors (Lipinski definition) is 2. The Bertz CT molecular complexity index is 73.7. The van der Waals surface area contributed by atoms with Crippen molar-refractivity contribution < 1.29 is 5.11 Å². The van der Waals surface area contributed by atoms with Gasteiger partial charge < -0.3 is 5.11 Å². The maximum absolute atomic E-state index is 8.57. The van der Waals surface area contributed by atoms with Crippen molar-refractivity contribution in [2.24, 2.45) is 5.92 Å². The first-order chi connectivity index (χ1) is 4.70. The van der Waals surface area contributed by atoms with Gasteiger partial charge in [-0.1, -0.05) is 20.8 Å². The molecule has 0 aliphatic rings. The van der Waals surface area contributed by atoms with E-state index in [1.54, 1.807) is 0 Å². The standard InChI is InChI=1S/C8H19NO/c1-4-8(9-6-10)5-7(2)3/h7-10H,4-6H2,1-3H3. The molecule has 0 rings (SSSR count). The zero-order valence-electron chi connectivity index (χ0n) is 7.22. The smallest absolute Gasteiger partial charge is 0.0933 e. The van der Waals surface area contributed by atoms with Crippen molar-refractivity contribution in [2.75, 3.05) is 6.73 Å². The molecule has 1 atom stereocenters. The minimum Gasteiger partial charge on any atom is -0.381 e. The van der Waals surface area contributed by atoms with Crippen molar-refractivity contribution in [3.8, 4) is 0 Å². The van der Waals surface area contributed by atoms with Crippen molar-refractivity contribution in [1.82, 2.24) is 5.32 Å². The van der Waals surface area contributed by atoms with Crippen molar-refractivity contribution in [3.63, 3.8) is 0 Å². The predicted octanol–water partition coefficient (Wildman–Crippen LogP) is 1.35. The minimum absolute atomic E-state index is 0.102. The average Bonchev–Trinajstić information content (AvgIpc) is 1.86. The summed E-state index contributed by atoms with van der Waals surface area (Å²) in [7, 11) is 0. The Morgan fingerprint density at radius 3 is 2.30 bits per heavy atom. The second kappa shape index (κ2) is 5.69. The summed E-state index contributed by atoms with van der Waals surface area (Å²) in [6.07, 6.45) is 2.25. The first-order valence-electron chi connectivity index (χ1n) is 4.05. The Hall–Kier alpha value is -0.0800. The van der Waals surface area contributed by atoms with E-state index in [9.17, 15) is 0 Å². The third kappa shape index (κ3) is 4.77. The molecule has 62 valence electrons. The second-order valence-corrected chi connectivity index (χ2v) is 3.10. The zero-order chi connectivity index (χ0) is 7.98. The molecule has 0 fully saturated rings. The first kappa shape index (κ1) is 9.92. The Balaban J connectivity index is 3.39. The monoisotopic (exact) mass is 145 g/mol. The van der Waals surface area contributed by atoms with E-state index in [4.69, 9.17) is 5.11 Å². The van der Waals surface area contributed by atoms with Gasteiger partial charge in [0, 0.05) is 6.04 Å². The largest absolute Gasteiger partial charge is 0.381 e. The van der Waals surface area contributed by atoms with Crippen LogP contribution in [0.15, 0.2) is 0 Å². The maximum atomic E-state index is 8.57. The van der Waals surface area contributed by atoms with Gasteiger partial charge in [0.05, 0.1) is 6.73 Å². The van der Waals surface area contributed by atoms with Crippen LogP contribution in [0.2, 0.25) is 0 Å². The molecular formula is C8H19NO. The van der Waals surface area contributed by atoms with Gasteiger partial charge in [-0.25, -0.2) is 0 Å². The van der Waals surface area contributed by atoms with Crippen LogP contribution in [-0.2, 0) is 0 Å². The van der Waals surface area contributed by atoms with Crippen molar-refractivity contribution in [1.29, 1.82) is 0 Å². The molecule has 2 heteroatoms. The fourth-order valence-corrected chi connectivity index (χ4v) is 1.09. The number of aliphatic hydroxyl groups excluding tert-OH is 1. The van der Waals surface area contributed by atoms with E-state index >= 15 is 0 Å². The van der Waals surface area contributed by atoms with E-state index in [0.717, 1.165) is 12.8 Å². The SMILES string of the molecule is CCC(CC(C)C)NCO. The van der Waals surface area contributed by atoms with Crippen LogP contribution >= 0.6 is 0 Å². The summed E-state index contributed by atoms with van der Waals surface area (Å²) in [5, 5.41) is 11.6. The van der Waals surface area contributed by atoms with Crippen LogP contribution in [0, 0.1) is 5.92 Å². The summed E-state index contributed by atoms with van der Waals surface area (Å²) in [5.74, 6) is 0.712. The van der Waals surface area contributed by atoms with Gasteiger partial charge in [0.1, 0.15) is 0 Å². The normalized spacial score (nSPS) is 14.1. The molecule has 0 aliphatic heterocycles. The van der Waals surface area contributed by atoms with Crippen LogP contribution in [0.25, 0.3) is 0 Å². The van der Waals surface area contributed by atoms with Crippen LogP contribution in [0.3, 0.4) is 0 Å². The van der Waals surface area contributed by atoms with Gasteiger partial charge in [-0.05, 0) is 18.8 Å². The quantitative estimate of drug-likeness (QED) is 0.572. The fourth-order valence-electron chi connectivity index (χ4n) is 1.09. The Labute approximate surface area is 63.6 Å². The molecule has 0 aliphatic carbocycles. The van der Waals surface area contributed by atoms with Crippen molar-refractivity contribution in [2.45, 2.75) is 39.7 Å². The van der Waals surface area contributed by atoms with Crippen molar-refractivity contribution in [3.05, 3.63) is 0 Å². The van der Waals surface area contributed by atoms with Crippen LogP contribution < -0.4 is 5.32 Å². The Kier molecular flexibility index (Phi) is 5.64. The summed E-state index contributed by atoms with van der Waals surface area (Å²) >= 11 is 0. The van der Waals surface area contributed by atoms with Crippen molar-refractivity contribution >= 4 is 0 Å². The van der Waals surface area contributed by atoms with E-state index in [1.165, 1.54) is 0 Å². The lowest BCUT2D eigenvalue weighted by atomic mass is 10.0. The van der Waals surface area contributed by atoms with Crippen LogP contribution in [0.4, 0.5) is 0 Å². The topological polar surface area (TPSA) is 32.3 Å². The molecular weight excluding hydrogens is 126 g/mol. The van der Waals surface area contributed by atoms with Gasteiger partial charge >= 0.3 is 0 Å². The van der Waals surface area contributed by atoms with Gasteiger partial charge in [0.2, 0.25) is 0 Å². The summed E-state index contributed by atoms with van der Waals surface area (Å²) in [5.41, 5.74) is 0. The zero-order valence-corrected chi connectivity index (χ0v) is 7.22. The van der Waals surface area contributed by atoms with Crippen LogP contribution in [0.5, 0.6) is 0 Å². The molecule has 0 bridgehead atoms. The lowest BCUT2D eigenvalue weighted by Crippen LogP contribution is -2.30. The summed E-state index contributed by atoms with van der Waals surface area (Å²) in [6, 6.07) is 0.491. The number of nitrogens with one attached hydrogen (secondary N) is 1. The molecule has 2 N–H and O–H groups in total. The third-order valence-electron chi connectivity index (χ3n) is 1.63. The van der Waals surface area contributed by atoms with Gasteiger partial charge in [-0.2, -0.15) is 0 Å². The molecule has 2 nitrogen and oxygen atoms in total. The minimum atomic E-state index is 0.102. The summed E-state index contributed by atoms with van der Waals surface area (Å²) in [6.45, 7) is 6.63. The highest BCUT2D eigenvalue weighted by Gasteiger charge is 2.05. The molecule has 0 heterocycles. The van der Waals surface area contributed by atoms with Gasteiger partial charge in [-0.15, -0.1) is 0 Å². The number of hydrogen-bond acceptors (Lipinski definition) is 2. The van der Waals surface area contributed by atoms with Crippen LogP contribution in [-0.4, -0.2) is 17.9 Å². The third-order valence-corrected chi connectivity index (χ3v) is 1.63.